The minimum atomic E-state index is -1.08. The fourth-order valence-corrected chi connectivity index (χ4v) is 1.22. The summed E-state index contributed by atoms with van der Waals surface area (Å²) in [6.07, 6.45) is -0.593. The highest BCUT2D eigenvalue weighted by molar-refractivity contribution is 5.75. The first-order chi connectivity index (χ1) is 7.78. The van der Waals surface area contributed by atoms with Gasteiger partial charge in [-0.1, -0.05) is 0 Å². The number of rotatable bonds is 3. The van der Waals surface area contributed by atoms with Gasteiger partial charge in [0.1, 0.15) is 0 Å². The van der Waals surface area contributed by atoms with Crippen LogP contribution < -0.4 is 5.84 Å². The minimum absolute atomic E-state index is 0.0538. The summed E-state index contributed by atoms with van der Waals surface area (Å²) in [7, 11) is 0. The summed E-state index contributed by atoms with van der Waals surface area (Å²) in [4.78, 5) is 19.3. The predicted octanol–water partition coefficient (Wildman–Crippen LogP) is 1.69. The second-order valence-electron chi connectivity index (χ2n) is 6.00. The highest BCUT2D eigenvalue weighted by atomic mass is 16.4. The number of carbonyl (C=O) groups is 2. The van der Waals surface area contributed by atoms with Crippen LogP contribution in [0.3, 0.4) is 0 Å². The maximum atomic E-state index is 9.64. The molecule has 0 saturated carbocycles. The van der Waals surface area contributed by atoms with Crippen molar-refractivity contribution in [1.82, 2.24) is 5.01 Å². The van der Waals surface area contributed by atoms with Crippen molar-refractivity contribution in [2.75, 3.05) is 0 Å². The van der Waals surface area contributed by atoms with Crippen molar-refractivity contribution in [2.24, 2.45) is 5.84 Å². The van der Waals surface area contributed by atoms with Crippen LogP contribution in [-0.4, -0.2) is 38.2 Å². The molecule has 0 aromatic carbocycles. The molecule has 0 aromatic heterocycles. The fourth-order valence-electron chi connectivity index (χ4n) is 1.22. The Morgan fingerprint density at radius 2 is 1.11 bits per heavy atom. The molecule has 0 atom stereocenters. The molecule has 0 bridgehead atoms. The molecular weight excluding hydrogens is 236 g/mol. The van der Waals surface area contributed by atoms with Gasteiger partial charge in [0.15, 0.2) is 0 Å². The van der Waals surface area contributed by atoms with E-state index in [0.717, 1.165) is 0 Å². The van der Waals surface area contributed by atoms with Gasteiger partial charge in [0, 0.05) is 11.1 Å². The van der Waals surface area contributed by atoms with Gasteiger partial charge in [-0.2, -0.15) is 0 Å². The smallest absolute Gasteiger partial charge is 0.303 e. The Hall–Kier alpha value is -1.14. The lowest BCUT2D eigenvalue weighted by Gasteiger charge is -2.41. The predicted molar refractivity (Wildman–Crippen MR) is 70.0 cm³/mol. The van der Waals surface area contributed by atoms with Crippen LogP contribution in [0.2, 0.25) is 0 Å². The Morgan fingerprint density at radius 3 is 1.17 bits per heavy atom. The highest BCUT2D eigenvalue weighted by Gasteiger charge is 2.28. The second kappa shape index (κ2) is 7.33. The number of hydrazine groups is 1. The Labute approximate surface area is 109 Å². The number of nitrogens with zero attached hydrogens (tertiary/aromatic N) is 1. The number of carboxylic acid groups (broad SMARTS) is 2. The van der Waals surface area contributed by atoms with Crippen LogP contribution in [0.5, 0.6) is 0 Å². The first-order valence-electron chi connectivity index (χ1n) is 5.77. The summed E-state index contributed by atoms with van der Waals surface area (Å²) in [5.41, 5.74) is 0.108. The van der Waals surface area contributed by atoms with E-state index in [1.165, 1.54) is 0 Å². The zero-order valence-corrected chi connectivity index (χ0v) is 12.1. The van der Waals surface area contributed by atoms with E-state index >= 15 is 0 Å². The average molecular weight is 262 g/mol. The summed E-state index contributed by atoms with van der Waals surface area (Å²) >= 11 is 0. The molecule has 0 unspecified atom stereocenters. The topological polar surface area (TPSA) is 104 Å². The Kier molecular flexibility index (Phi) is 7.82. The van der Waals surface area contributed by atoms with Gasteiger partial charge < -0.3 is 10.2 Å². The second-order valence-corrected chi connectivity index (χ2v) is 6.00. The summed E-state index contributed by atoms with van der Waals surface area (Å²) in [5, 5.41) is 17.7. The molecule has 0 fully saturated rings. The number of carboxylic acids is 2. The molecule has 6 nitrogen and oxygen atoms in total. The van der Waals surface area contributed by atoms with Gasteiger partial charge in [0.05, 0.1) is 12.8 Å². The van der Waals surface area contributed by atoms with E-state index in [1.807, 2.05) is 5.01 Å². The van der Waals surface area contributed by atoms with E-state index in [1.54, 1.807) is 0 Å². The molecule has 0 rings (SSSR count). The number of hydrogen-bond donors (Lipinski definition) is 3. The van der Waals surface area contributed by atoms with Crippen molar-refractivity contribution in [1.29, 1.82) is 0 Å². The Balaban J connectivity index is 0. The molecule has 108 valence electrons. The zero-order chi connectivity index (χ0) is 15.1. The lowest BCUT2D eigenvalue weighted by molar-refractivity contribution is -0.143. The van der Waals surface area contributed by atoms with Crippen LogP contribution in [0.1, 0.15) is 54.4 Å². The minimum Gasteiger partial charge on any atom is -0.481 e. The van der Waals surface area contributed by atoms with E-state index in [9.17, 15) is 9.59 Å². The molecule has 0 aliphatic carbocycles. The van der Waals surface area contributed by atoms with Crippen LogP contribution >= 0.6 is 0 Å². The third-order valence-corrected chi connectivity index (χ3v) is 2.00. The SMILES string of the molecule is CC(C)(C)N(N)C(C)(C)C.O=C(O)CCC(=O)O. The molecule has 4 N–H and O–H groups in total. The summed E-state index contributed by atoms with van der Waals surface area (Å²) in [5.74, 6) is 3.71. The Morgan fingerprint density at radius 1 is 0.889 bits per heavy atom. The van der Waals surface area contributed by atoms with Crippen LogP contribution in [0.15, 0.2) is 0 Å². The van der Waals surface area contributed by atoms with Crippen molar-refractivity contribution >= 4 is 11.9 Å². The van der Waals surface area contributed by atoms with Gasteiger partial charge in [-0.3, -0.25) is 15.4 Å². The van der Waals surface area contributed by atoms with Crippen LogP contribution in [0.4, 0.5) is 0 Å². The van der Waals surface area contributed by atoms with Gasteiger partial charge in [-0.25, -0.2) is 5.01 Å². The first-order valence-corrected chi connectivity index (χ1v) is 5.77. The largest absolute Gasteiger partial charge is 0.481 e. The Bertz CT molecular complexity index is 249. The molecule has 0 saturated heterocycles. The van der Waals surface area contributed by atoms with Crippen molar-refractivity contribution in [3.05, 3.63) is 0 Å². The third kappa shape index (κ3) is 11.3. The molecule has 0 heterocycles. The van der Waals surface area contributed by atoms with Crippen molar-refractivity contribution in [3.63, 3.8) is 0 Å². The van der Waals surface area contributed by atoms with E-state index in [0.29, 0.717) is 0 Å². The summed E-state index contributed by atoms with van der Waals surface area (Å²) < 4.78 is 0. The summed E-state index contributed by atoms with van der Waals surface area (Å²) in [6.45, 7) is 12.7. The average Bonchev–Trinajstić information content (AvgIpc) is 2.11. The van der Waals surface area contributed by atoms with E-state index in [4.69, 9.17) is 16.1 Å². The monoisotopic (exact) mass is 262 g/mol. The van der Waals surface area contributed by atoms with Gasteiger partial charge in [-0.15, -0.1) is 0 Å². The van der Waals surface area contributed by atoms with Gasteiger partial charge in [0.2, 0.25) is 0 Å². The van der Waals surface area contributed by atoms with Crippen molar-refractivity contribution in [2.45, 2.75) is 65.5 Å². The van der Waals surface area contributed by atoms with Crippen LogP contribution in [-0.2, 0) is 9.59 Å². The molecule has 0 spiro atoms. The quantitative estimate of drug-likeness (QED) is 0.528. The van der Waals surface area contributed by atoms with Gasteiger partial charge >= 0.3 is 11.9 Å². The molecule has 0 amide bonds. The number of nitrogens with two attached hydrogens (primary N) is 1. The normalized spacial score (nSPS) is 11.8. The molecule has 0 radical (unpaired) electrons. The van der Waals surface area contributed by atoms with E-state index < -0.39 is 11.9 Å². The third-order valence-electron chi connectivity index (χ3n) is 2.00. The number of hydrogen-bond acceptors (Lipinski definition) is 4. The molecule has 18 heavy (non-hydrogen) atoms. The zero-order valence-electron chi connectivity index (χ0n) is 12.1. The molecule has 6 heteroatoms. The molecule has 0 aromatic rings. The maximum Gasteiger partial charge on any atom is 0.303 e. The van der Waals surface area contributed by atoms with E-state index in [2.05, 4.69) is 41.5 Å². The molecular formula is C12H26N2O4. The lowest BCUT2D eigenvalue weighted by atomic mass is 9.99. The fraction of sp³-hybridized carbons (Fsp3) is 0.833. The maximum absolute atomic E-state index is 9.64. The highest BCUT2D eigenvalue weighted by Crippen LogP contribution is 2.19. The summed E-state index contributed by atoms with van der Waals surface area (Å²) in [6, 6.07) is 0. The van der Waals surface area contributed by atoms with Gasteiger partial charge in [-0.05, 0) is 41.5 Å². The number of aliphatic carboxylic acids is 2. The van der Waals surface area contributed by atoms with Crippen molar-refractivity contribution < 1.29 is 19.8 Å². The molecule has 0 aliphatic rings. The van der Waals surface area contributed by atoms with Crippen LogP contribution in [0, 0.1) is 0 Å². The van der Waals surface area contributed by atoms with E-state index in [-0.39, 0.29) is 23.9 Å². The standard InChI is InChI=1S/C8H20N2.C4H6O4/c1-7(2,3)10(9)8(4,5)6;5-3(6)1-2-4(7)8/h9H2,1-6H3;1-2H2,(H,5,6)(H,7,8). The van der Waals surface area contributed by atoms with Crippen molar-refractivity contribution in [3.8, 4) is 0 Å². The van der Waals surface area contributed by atoms with Gasteiger partial charge in [0.25, 0.3) is 0 Å². The van der Waals surface area contributed by atoms with Crippen LogP contribution in [0.25, 0.3) is 0 Å². The lowest BCUT2D eigenvalue weighted by Crippen LogP contribution is -2.56. The first kappa shape index (κ1) is 19.2. The molecule has 0 aliphatic heterocycles.